The van der Waals surface area contributed by atoms with E-state index in [4.69, 9.17) is 0 Å². The summed E-state index contributed by atoms with van der Waals surface area (Å²) in [6.45, 7) is 0. The molecule has 0 bridgehead atoms. The summed E-state index contributed by atoms with van der Waals surface area (Å²) >= 11 is 1.62. The summed E-state index contributed by atoms with van der Waals surface area (Å²) in [6, 6.07) is 17.1. The third kappa shape index (κ3) is 3.43. The minimum Gasteiger partial charge on any atom is -0.241 e. The summed E-state index contributed by atoms with van der Waals surface area (Å²) in [5.41, 5.74) is 3.05. The number of benzene rings is 2. The number of rotatable bonds is 4. The molecule has 3 aromatic rings. The second-order valence-electron chi connectivity index (χ2n) is 5.09. The first-order valence-corrected chi connectivity index (χ1v) is 9.58. The first kappa shape index (κ1) is 14.9. The average Bonchev–Trinajstić information content (AvgIpc) is 2.96. The lowest BCUT2D eigenvalue weighted by Gasteiger charge is -2.00. The highest BCUT2D eigenvalue weighted by Gasteiger charge is 2.09. The van der Waals surface area contributed by atoms with Crippen LogP contribution in [0.1, 0.15) is 10.6 Å². The fourth-order valence-corrected chi connectivity index (χ4v) is 3.64. The summed E-state index contributed by atoms with van der Waals surface area (Å²) in [4.78, 5) is 4.97. The first-order chi connectivity index (χ1) is 10.5. The van der Waals surface area contributed by atoms with Crippen molar-refractivity contribution >= 4 is 21.2 Å². The van der Waals surface area contributed by atoms with Gasteiger partial charge in [0.05, 0.1) is 15.6 Å². The second kappa shape index (κ2) is 6.02. The van der Waals surface area contributed by atoms with Gasteiger partial charge < -0.3 is 0 Å². The first-order valence-electron chi connectivity index (χ1n) is 6.81. The maximum Gasteiger partial charge on any atom is 0.175 e. The van der Waals surface area contributed by atoms with Crippen molar-refractivity contribution in [1.29, 1.82) is 0 Å². The molecule has 0 radical (unpaired) electrons. The van der Waals surface area contributed by atoms with Crippen LogP contribution in [0.4, 0.5) is 0 Å². The van der Waals surface area contributed by atoms with Gasteiger partial charge in [-0.15, -0.1) is 11.3 Å². The molecule has 5 heteroatoms. The molecular formula is C17H15NO2S2. The summed E-state index contributed by atoms with van der Waals surface area (Å²) in [7, 11) is -3.16. The fourth-order valence-electron chi connectivity index (χ4n) is 2.17. The zero-order chi connectivity index (χ0) is 15.6. The fraction of sp³-hybridized carbons (Fsp3) is 0.118. The molecular weight excluding hydrogens is 314 g/mol. The molecule has 2 aromatic carbocycles. The van der Waals surface area contributed by atoms with Crippen molar-refractivity contribution in [2.75, 3.05) is 6.26 Å². The molecule has 0 saturated carbocycles. The molecule has 0 atom stereocenters. The molecule has 0 aliphatic carbocycles. The van der Waals surface area contributed by atoms with E-state index in [-0.39, 0.29) is 0 Å². The normalized spacial score (nSPS) is 11.5. The molecule has 0 spiro atoms. The van der Waals surface area contributed by atoms with E-state index in [1.54, 1.807) is 35.6 Å². The Morgan fingerprint density at radius 1 is 1.00 bits per heavy atom. The SMILES string of the molecule is CS(=O)(=O)c1ccc(-c2csc(Cc3ccccc3)n2)cc1. The van der Waals surface area contributed by atoms with Crippen LogP contribution in [0.2, 0.25) is 0 Å². The molecule has 0 aliphatic heterocycles. The Bertz CT molecular complexity index is 867. The van der Waals surface area contributed by atoms with Gasteiger partial charge in [0.25, 0.3) is 0 Å². The number of nitrogens with zero attached hydrogens (tertiary/aromatic N) is 1. The van der Waals surface area contributed by atoms with Crippen molar-refractivity contribution in [2.45, 2.75) is 11.3 Å². The van der Waals surface area contributed by atoms with E-state index >= 15 is 0 Å². The smallest absolute Gasteiger partial charge is 0.175 e. The van der Waals surface area contributed by atoms with Gasteiger partial charge in [-0.05, 0) is 17.7 Å². The number of thiazole rings is 1. The summed E-state index contributed by atoms with van der Waals surface area (Å²) in [5.74, 6) is 0. The Balaban J connectivity index is 1.82. The minimum atomic E-state index is -3.16. The molecule has 0 fully saturated rings. The van der Waals surface area contributed by atoms with Crippen molar-refractivity contribution in [3.8, 4) is 11.3 Å². The molecule has 0 amide bonds. The van der Waals surface area contributed by atoms with Gasteiger partial charge in [0.15, 0.2) is 9.84 Å². The molecule has 0 aliphatic rings. The van der Waals surface area contributed by atoms with Crippen LogP contribution < -0.4 is 0 Å². The Kier molecular flexibility index (Phi) is 4.09. The standard InChI is InChI=1S/C17H15NO2S2/c1-22(19,20)15-9-7-14(8-10-15)16-12-21-17(18-16)11-13-5-3-2-4-6-13/h2-10,12H,11H2,1H3. The van der Waals surface area contributed by atoms with E-state index in [0.717, 1.165) is 22.7 Å². The largest absolute Gasteiger partial charge is 0.241 e. The monoisotopic (exact) mass is 329 g/mol. The Morgan fingerprint density at radius 2 is 1.68 bits per heavy atom. The van der Waals surface area contributed by atoms with Gasteiger partial charge in [-0.3, -0.25) is 0 Å². The van der Waals surface area contributed by atoms with Crippen molar-refractivity contribution < 1.29 is 8.42 Å². The quantitative estimate of drug-likeness (QED) is 0.731. The van der Waals surface area contributed by atoms with E-state index in [1.165, 1.54) is 11.8 Å². The predicted octanol–water partition coefficient (Wildman–Crippen LogP) is 3.80. The van der Waals surface area contributed by atoms with Crippen LogP contribution in [0.3, 0.4) is 0 Å². The lowest BCUT2D eigenvalue weighted by Crippen LogP contribution is -1.96. The van der Waals surface area contributed by atoms with Gasteiger partial charge in [-0.1, -0.05) is 42.5 Å². The van der Waals surface area contributed by atoms with Gasteiger partial charge in [0.1, 0.15) is 0 Å². The molecule has 0 saturated heterocycles. The number of sulfone groups is 1. The van der Waals surface area contributed by atoms with E-state index in [2.05, 4.69) is 17.1 Å². The van der Waals surface area contributed by atoms with Gasteiger partial charge >= 0.3 is 0 Å². The zero-order valence-electron chi connectivity index (χ0n) is 12.1. The highest BCUT2D eigenvalue weighted by Crippen LogP contribution is 2.24. The highest BCUT2D eigenvalue weighted by molar-refractivity contribution is 7.90. The Hall–Kier alpha value is -1.98. The van der Waals surface area contributed by atoms with Crippen LogP contribution in [0.25, 0.3) is 11.3 Å². The lowest BCUT2D eigenvalue weighted by molar-refractivity contribution is 0.602. The summed E-state index contributed by atoms with van der Waals surface area (Å²) in [5, 5.41) is 3.06. The van der Waals surface area contributed by atoms with Crippen LogP contribution in [-0.2, 0) is 16.3 Å². The van der Waals surface area contributed by atoms with Crippen molar-refractivity contribution in [3.63, 3.8) is 0 Å². The Labute approximate surface area is 134 Å². The van der Waals surface area contributed by atoms with Crippen LogP contribution in [0.5, 0.6) is 0 Å². The molecule has 1 aromatic heterocycles. The predicted molar refractivity (Wildman–Crippen MR) is 89.9 cm³/mol. The molecule has 0 unspecified atom stereocenters. The molecule has 3 nitrogen and oxygen atoms in total. The van der Waals surface area contributed by atoms with Crippen LogP contribution in [-0.4, -0.2) is 19.7 Å². The van der Waals surface area contributed by atoms with Crippen LogP contribution in [0, 0.1) is 0 Å². The van der Waals surface area contributed by atoms with Crippen molar-refractivity contribution in [2.24, 2.45) is 0 Å². The van der Waals surface area contributed by atoms with Gasteiger partial charge in [-0.2, -0.15) is 0 Å². The van der Waals surface area contributed by atoms with E-state index in [1.807, 2.05) is 23.6 Å². The molecule has 0 N–H and O–H groups in total. The lowest BCUT2D eigenvalue weighted by atomic mass is 10.1. The van der Waals surface area contributed by atoms with Gasteiger partial charge in [0, 0.05) is 23.6 Å². The van der Waals surface area contributed by atoms with Gasteiger partial charge in [0.2, 0.25) is 0 Å². The van der Waals surface area contributed by atoms with E-state index in [9.17, 15) is 8.42 Å². The topological polar surface area (TPSA) is 47.0 Å². The minimum absolute atomic E-state index is 0.330. The van der Waals surface area contributed by atoms with Crippen LogP contribution >= 0.6 is 11.3 Å². The third-order valence-corrected chi connectivity index (χ3v) is 5.31. The summed E-state index contributed by atoms with van der Waals surface area (Å²) in [6.07, 6.45) is 2.02. The number of hydrogen-bond donors (Lipinski definition) is 0. The number of hydrogen-bond acceptors (Lipinski definition) is 4. The third-order valence-electron chi connectivity index (χ3n) is 3.33. The maximum absolute atomic E-state index is 11.5. The highest BCUT2D eigenvalue weighted by atomic mass is 32.2. The van der Waals surface area contributed by atoms with Gasteiger partial charge in [-0.25, -0.2) is 13.4 Å². The molecule has 112 valence electrons. The van der Waals surface area contributed by atoms with Crippen LogP contribution in [0.15, 0.2) is 64.9 Å². The Morgan fingerprint density at radius 3 is 2.32 bits per heavy atom. The average molecular weight is 329 g/mol. The van der Waals surface area contributed by atoms with Crippen molar-refractivity contribution in [3.05, 3.63) is 70.5 Å². The van der Waals surface area contributed by atoms with E-state index in [0.29, 0.717) is 4.90 Å². The second-order valence-corrected chi connectivity index (χ2v) is 8.04. The zero-order valence-corrected chi connectivity index (χ0v) is 13.7. The summed E-state index contributed by atoms with van der Waals surface area (Å²) < 4.78 is 22.9. The molecule has 22 heavy (non-hydrogen) atoms. The molecule has 3 rings (SSSR count). The maximum atomic E-state index is 11.5. The molecule has 1 heterocycles. The number of aromatic nitrogens is 1. The van der Waals surface area contributed by atoms with E-state index < -0.39 is 9.84 Å². The van der Waals surface area contributed by atoms with Crippen molar-refractivity contribution in [1.82, 2.24) is 4.98 Å².